The van der Waals surface area contributed by atoms with Gasteiger partial charge in [0.15, 0.2) is 0 Å². The fourth-order valence-electron chi connectivity index (χ4n) is 1.83. The highest BCUT2D eigenvalue weighted by molar-refractivity contribution is 5.20. The molecule has 0 unspecified atom stereocenters. The van der Waals surface area contributed by atoms with E-state index in [4.69, 9.17) is 4.74 Å². The smallest absolute Gasteiger partial charge is 0.103 e. The molecule has 1 aliphatic rings. The molecular weight excluding hydrogens is 174 g/mol. The molecule has 2 rings (SSSR count). The predicted octanol–water partition coefficient (Wildman–Crippen LogP) is 0.410. The fraction of sp³-hybridized carbons (Fsp3) is 0.500. The third-order valence-corrected chi connectivity index (χ3v) is 2.77. The first-order valence-corrected chi connectivity index (χ1v) is 5.31. The van der Waals surface area contributed by atoms with E-state index in [1.807, 2.05) is 0 Å². The Morgan fingerprint density at radius 1 is 1.14 bits per heavy atom. The zero-order chi connectivity index (χ0) is 9.80. The molecule has 0 saturated carbocycles. The molecule has 1 N–H and O–H groups in total. The van der Waals surface area contributed by atoms with E-state index in [1.54, 1.807) is 4.90 Å². The number of quaternary nitrogens is 1. The average Bonchev–Trinajstić information content (AvgIpc) is 2.23. The van der Waals surface area contributed by atoms with Gasteiger partial charge < -0.3 is 9.64 Å². The van der Waals surface area contributed by atoms with Gasteiger partial charge in [0.05, 0.1) is 13.2 Å². The van der Waals surface area contributed by atoms with Gasteiger partial charge in [-0.2, -0.15) is 0 Å². The second-order valence-electron chi connectivity index (χ2n) is 4.02. The molecule has 2 heteroatoms. The van der Waals surface area contributed by atoms with Gasteiger partial charge in [-0.25, -0.2) is 0 Å². The Kier molecular flexibility index (Phi) is 3.17. The van der Waals surface area contributed by atoms with Crippen molar-refractivity contribution < 1.29 is 9.64 Å². The van der Waals surface area contributed by atoms with Gasteiger partial charge in [0, 0.05) is 5.56 Å². The van der Waals surface area contributed by atoms with Crippen LogP contribution in [0.2, 0.25) is 0 Å². The van der Waals surface area contributed by atoms with Crippen LogP contribution in [-0.4, -0.2) is 26.3 Å². The van der Waals surface area contributed by atoms with Crippen LogP contribution in [0, 0.1) is 6.92 Å². The summed E-state index contributed by atoms with van der Waals surface area (Å²) in [5, 5.41) is 0. The molecular formula is C12H18NO+. The second kappa shape index (κ2) is 4.58. The predicted molar refractivity (Wildman–Crippen MR) is 56.4 cm³/mol. The lowest BCUT2D eigenvalue weighted by molar-refractivity contribution is -0.921. The normalized spacial score (nSPS) is 18.4. The molecule has 0 atom stereocenters. The van der Waals surface area contributed by atoms with Crippen molar-refractivity contribution in [1.29, 1.82) is 0 Å². The Morgan fingerprint density at radius 2 is 1.79 bits per heavy atom. The van der Waals surface area contributed by atoms with E-state index in [9.17, 15) is 0 Å². The molecule has 1 aromatic carbocycles. The van der Waals surface area contributed by atoms with Crippen LogP contribution in [0.15, 0.2) is 24.3 Å². The van der Waals surface area contributed by atoms with Crippen molar-refractivity contribution in [3.05, 3.63) is 35.4 Å². The summed E-state index contributed by atoms with van der Waals surface area (Å²) in [5.74, 6) is 0. The molecule has 0 amide bonds. The summed E-state index contributed by atoms with van der Waals surface area (Å²) < 4.78 is 5.34. The maximum absolute atomic E-state index is 5.34. The first-order chi connectivity index (χ1) is 6.84. The van der Waals surface area contributed by atoms with Crippen LogP contribution in [-0.2, 0) is 11.3 Å². The number of hydrogen-bond acceptors (Lipinski definition) is 1. The summed E-state index contributed by atoms with van der Waals surface area (Å²) in [5.41, 5.74) is 2.78. The highest BCUT2D eigenvalue weighted by Crippen LogP contribution is 2.01. The third-order valence-electron chi connectivity index (χ3n) is 2.77. The van der Waals surface area contributed by atoms with Gasteiger partial charge in [0.25, 0.3) is 0 Å². The lowest BCUT2D eigenvalue weighted by atomic mass is 10.1. The van der Waals surface area contributed by atoms with E-state index in [1.165, 1.54) is 11.1 Å². The quantitative estimate of drug-likeness (QED) is 0.716. The standard InChI is InChI=1S/C12H17NO/c1-11-2-4-12(5-3-11)10-13-6-8-14-9-7-13/h2-5H,6-10H2,1H3/p+1. The Bertz CT molecular complexity index is 275. The van der Waals surface area contributed by atoms with Gasteiger partial charge in [0.2, 0.25) is 0 Å². The van der Waals surface area contributed by atoms with Crippen molar-refractivity contribution in [2.45, 2.75) is 13.5 Å². The van der Waals surface area contributed by atoms with Gasteiger partial charge in [-0.1, -0.05) is 29.8 Å². The molecule has 0 bridgehead atoms. The summed E-state index contributed by atoms with van der Waals surface area (Å²) in [4.78, 5) is 1.64. The molecule has 2 nitrogen and oxygen atoms in total. The Labute approximate surface area is 85.5 Å². The zero-order valence-electron chi connectivity index (χ0n) is 8.75. The van der Waals surface area contributed by atoms with Crippen LogP contribution in [0.4, 0.5) is 0 Å². The minimum atomic E-state index is 0.918. The molecule has 1 saturated heterocycles. The summed E-state index contributed by atoms with van der Waals surface area (Å²) in [6.07, 6.45) is 0. The minimum Gasteiger partial charge on any atom is -0.370 e. The zero-order valence-corrected chi connectivity index (χ0v) is 8.75. The lowest BCUT2D eigenvalue weighted by Gasteiger charge is -2.23. The molecule has 0 radical (unpaired) electrons. The molecule has 0 aromatic heterocycles. The van der Waals surface area contributed by atoms with Crippen molar-refractivity contribution in [3.63, 3.8) is 0 Å². The number of benzene rings is 1. The van der Waals surface area contributed by atoms with E-state index in [0.29, 0.717) is 0 Å². The SMILES string of the molecule is Cc1ccc(C[NH+]2CCOCC2)cc1. The first-order valence-electron chi connectivity index (χ1n) is 5.31. The van der Waals surface area contributed by atoms with Gasteiger partial charge >= 0.3 is 0 Å². The highest BCUT2D eigenvalue weighted by atomic mass is 16.5. The number of ether oxygens (including phenoxy) is 1. The Morgan fingerprint density at radius 3 is 2.43 bits per heavy atom. The molecule has 14 heavy (non-hydrogen) atoms. The van der Waals surface area contributed by atoms with Crippen LogP contribution in [0.1, 0.15) is 11.1 Å². The van der Waals surface area contributed by atoms with E-state index in [-0.39, 0.29) is 0 Å². The number of hydrogen-bond donors (Lipinski definition) is 1. The molecule has 1 heterocycles. The summed E-state index contributed by atoms with van der Waals surface area (Å²) in [6.45, 7) is 7.40. The molecule has 0 spiro atoms. The van der Waals surface area contributed by atoms with Gasteiger partial charge in [-0.3, -0.25) is 0 Å². The van der Waals surface area contributed by atoms with Gasteiger partial charge in [0.1, 0.15) is 19.6 Å². The number of nitrogens with one attached hydrogen (secondary N) is 1. The van der Waals surface area contributed by atoms with E-state index >= 15 is 0 Å². The molecule has 0 aliphatic carbocycles. The fourth-order valence-corrected chi connectivity index (χ4v) is 1.83. The van der Waals surface area contributed by atoms with Crippen LogP contribution in [0.5, 0.6) is 0 Å². The number of morpholine rings is 1. The third kappa shape index (κ3) is 2.56. The summed E-state index contributed by atoms with van der Waals surface area (Å²) in [7, 11) is 0. The van der Waals surface area contributed by atoms with Gasteiger partial charge in [-0.15, -0.1) is 0 Å². The lowest BCUT2D eigenvalue weighted by Crippen LogP contribution is -3.12. The molecule has 76 valence electrons. The molecule has 1 aromatic rings. The van der Waals surface area contributed by atoms with Crippen molar-refractivity contribution in [2.24, 2.45) is 0 Å². The van der Waals surface area contributed by atoms with Crippen molar-refractivity contribution in [3.8, 4) is 0 Å². The van der Waals surface area contributed by atoms with Crippen LogP contribution >= 0.6 is 0 Å². The monoisotopic (exact) mass is 192 g/mol. The first kappa shape index (κ1) is 9.69. The maximum Gasteiger partial charge on any atom is 0.103 e. The van der Waals surface area contributed by atoms with E-state index in [2.05, 4.69) is 31.2 Å². The Hall–Kier alpha value is -0.860. The van der Waals surface area contributed by atoms with Crippen LogP contribution in [0.25, 0.3) is 0 Å². The van der Waals surface area contributed by atoms with E-state index in [0.717, 1.165) is 32.8 Å². The van der Waals surface area contributed by atoms with Crippen LogP contribution in [0.3, 0.4) is 0 Å². The second-order valence-corrected chi connectivity index (χ2v) is 4.02. The maximum atomic E-state index is 5.34. The molecule has 1 aliphatic heterocycles. The Balaban J connectivity index is 1.92. The topological polar surface area (TPSA) is 13.7 Å². The highest BCUT2D eigenvalue weighted by Gasteiger charge is 2.13. The number of rotatable bonds is 2. The van der Waals surface area contributed by atoms with Crippen molar-refractivity contribution in [1.82, 2.24) is 0 Å². The number of aryl methyl sites for hydroxylation is 1. The summed E-state index contributed by atoms with van der Waals surface area (Å²) >= 11 is 0. The van der Waals surface area contributed by atoms with Gasteiger partial charge in [-0.05, 0) is 6.92 Å². The largest absolute Gasteiger partial charge is 0.370 e. The minimum absolute atomic E-state index is 0.918. The molecule has 1 fully saturated rings. The van der Waals surface area contributed by atoms with Crippen molar-refractivity contribution >= 4 is 0 Å². The van der Waals surface area contributed by atoms with Crippen LogP contribution < -0.4 is 4.90 Å². The summed E-state index contributed by atoms with van der Waals surface area (Å²) in [6, 6.07) is 8.85. The van der Waals surface area contributed by atoms with Crippen molar-refractivity contribution in [2.75, 3.05) is 26.3 Å². The van der Waals surface area contributed by atoms with E-state index < -0.39 is 0 Å². The average molecular weight is 192 g/mol.